The second-order valence-corrected chi connectivity index (χ2v) is 5.73. The molecule has 2 aromatic carbocycles. The molecule has 0 fully saturated rings. The summed E-state index contributed by atoms with van der Waals surface area (Å²) in [6, 6.07) is 9.99. The van der Waals surface area contributed by atoms with E-state index in [4.69, 9.17) is 9.47 Å². The topological polar surface area (TPSA) is 81.9 Å². The van der Waals surface area contributed by atoms with Crippen LogP contribution >= 0.6 is 0 Å². The van der Waals surface area contributed by atoms with Gasteiger partial charge in [0.25, 0.3) is 5.69 Å². The van der Waals surface area contributed by atoms with E-state index >= 15 is 0 Å². The van der Waals surface area contributed by atoms with Gasteiger partial charge in [0.15, 0.2) is 11.5 Å². The Morgan fingerprint density at radius 2 is 1.92 bits per heavy atom. The molecular formula is C18H18N2O5. The summed E-state index contributed by atoms with van der Waals surface area (Å²) in [6.07, 6.45) is 0.882. The summed E-state index contributed by atoms with van der Waals surface area (Å²) in [6.45, 7) is 0.530. The lowest BCUT2D eigenvalue weighted by Crippen LogP contribution is -2.30. The Bertz CT molecular complexity index is 834. The molecule has 2 aromatic rings. The van der Waals surface area contributed by atoms with Crippen LogP contribution in [0.25, 0.3) is 0 Å². The lowest BCUT2D eigenvalue weighted by atomic mass is 10.1. The second kappa shape index (κ2) is 6.80. The monoisotopic (exact) mass is 342 g/mol. The van der Waals surface area contributed by atoms with Crippen LogP contribution < -0.4 is 14.4 Å². The van der Waals surface area contributed by atoms with Gasteiger partial charge in [-0.2, -0.15) is 0 Å². The molecule has 0 radical (unpaired) electrons. The number of nitro groups is 1. The summed E-state index contributed by atoms with van der Waals surface area (Å²) < 4.78 is 10.5. The van der Waals surface area contributed by atoms with E-state index in [1.54, 1.807) is 37.3 Å². The number of carbonyl (C=O) groups excluding carboxylic acids is 1. The van der Waals surface area contributed by atoms with E-state index in [0.29, 0.717) is 30.2 Å². The standard InChI is InChI=1S/C18H18N2O5/c1-24-16-6-3-12(9-17(16)25-2)10-18(21)19-8-7-13-4-5-14(20(22)23)11-15(13)19/h3-6,9,11H,7-8,10H2,1-2H3. The first-order valence-electron chi connectivity index (χ1n) is 7.82. The summed E-state index contributed by atoms with van der Waals surface area (Å²) in [5, 5.41) is 11.0. The van der Waals surface area contributed by atoms with Crippen molar-refractivity contribution in [2.45, 2.75) is 12.8 Å². The van der Waals surface area contributed by atoms with Gasteiger partial charge in [0.1, 0.15) is 0 Å². The van der Waals surface area contributed by atoms with E-state index in [2.05, 4.69) is 0 Å². The molecule has 0 bridgehead atoms. The van der Waals surface area contributed by atoms with Crippen LogP contribution in [-0.4, -0.2) is 31.6 Å². The molecule has 0 unspecified atom stereocenters. The van der Waals surface area contributed by atoms with Crippen molar-refractivity contribution in [3.8, 4) is 11.5 Å². The minimum atomic E-state index is -0.449. The predicted octanol–water partition coefficient (Wildman–Crippen LogP) is 2.74. The third-order valence-corrected chi connectivity index (χ3v) is 4.28. The van der Waals surface area contributed by atoms with Gasteiger partial charge >= 0.3 is 0 Å². The second-order valence-electron chi connectivity index (χ2n) is 5.73. The zero-order valence-electron chi connectivity index (χ0n) is 14.0. The van der Waals surface area contributed by atoms with Crippen molar-refractivity contribution in [1.29, 1.82) is 0 Å². The van der Waals surface area contributed by atoms with E-state index in [9.17, 15) is 14.9 Å². The van der Waals surface area contributed by atoms with Gasteiger partial charge in [-0.15, -0.1) is 0 Å². The van der Waals surface area contributed by atoms with Crippen molar-refractivity contribution in [3.05, 3.63) is 57.6 Å². The van der Waals surface area contributed by atoms with Crippen molar-refractivity contribution < 1.29 is 19.2 Å². The predicted molar refractivity (Wildman–Crippen MR) is 92.4 cm³/mol. The highest BCUT2D eigenvalue weighted by atomic mass is 16.6. The number of benzene rings is 2. The maximum absolute atomic E-state index is 12.7. The number of rotatable bonds is 5. The highest BCUT2D eigenvalue weighted by Crippen LogP contribution is 2.33. The van der Waals surface area contributed by atoms with Crippen molar-refractivity contribution >= 4 is 17.3 Å². The van der Waals surface area contributed by atoms with Crippen molar-refractivity contribution in [2.24, 2.45) is 0 Å². The van der Waals surface area contributed by atoms with E-state index in [1.807, 2.05) is 6.07 Å². The Balaban J connectivity index is 1.82. The lowest BCUT2D eigenvalue weighted by molar-refractivity contribution is -0.384. The molecule has 0 saturated carbocycles. The average Bonchev–Trinajstić information content (AvgIpc) is 3.04. The van der Waals surface area contributed by atoms with Gasteiger partial charge in [0, 0.05) is 18.7 Å². The van der Waals surface area contributed by atoms with Crippen molar-refractivity contribution in [1.82, 2.24) is 0 Å². The quantitative estimate of drug-likeness (QED) is 0.616. The number of amides is 1. The zero-order valence-corrected chi connectivity index (χ0v) is 14.0. The normalized spacial score (nSPS) is 12.6. The molecule has 0 aliphatic carbocycles. The summed E-state index contributed by atoms with van der Waals surface area (Å²) in [7, 11) is 3.09. The number of ether oxygens (including phenoxy) is 2. The van der Waals surface area contributed by atoms with E-state index in [1.165, 1.54) is 12.1 Å². The molecule has 25 heavy (non-hydrogen) atoms. The SMILES string of the molecule is COc1ccc(CC(=O)N2CCc3ccc([N+](=O)[O-])cc32)cc1OC. The number of non-ortho nitro benzene ring substituents is 1. The van der Waals surface area contributed by atoms with Crippen molar-refractivity contribution in [2.75, 3.05) is 25.7 Å². The highest BCUT2D eigenvalue weighted by Gasteiger charge is 2.26. The minimum Gasteiger partial charge on any atom is -0.493 e. The van der Waals surface area contributed by atoms with Gasteiger partial charge in [-0.3, -0.25) is 14.9 Å². The fraction of sp³-hybridized carbons (Fsp3) is 0.278. The molecule has 1 aliphatic heterocycles. The minimum absolute atomic E-state index is 0.00966. The molecule has 0 aromatic heterocycles. The van der Waals surface area contributed by atoms with Gasteiger partial charge in [-0.05, 0) is 29.7 Å². The molecule has 1 heterocycles. The Kier molecular flexibility index (Phi) is 4.56. The Labute approximate surface area is 144 Å². The smallest absolute Gasteiger partial charge is 0.271 e. The van der Waals surface area contributed by atoms with Crippen LogP contribution in [0.1, 0.15) is 11.1 Å². The van der Waals surface area contributed by atoms with Crippen LogP contribution in [0.3, 0.4) is 0 Å². The van der Waals surface area contributed by atoms with E-state index in [-0.39, 0.29) is 18.0 Å². The van der Waals surface area contributed by atoms with Crippen LogP contribution in [0.15, 0.2) is 36.4 Å². The number of nitrogens with zero attached hydrogens (tertiary/aromatic N) is 2. The molecule has 0 atom stereocenters. The lowest BCUT2D eigenvalue weighted by Gasteiger charge is -2.17. The van der Waals surface area contributed by atoms with Crippen LogP contribution in [-0.2, 0) is 17.6 Å². The van der Waals surface area contributed by atoms with E-state index in [0.717, 1.165) is 11.1 Å². The number of nitro benzene ring substituents is 1. The van der Waals surface area contributed by atoms with E-state index < -0.39 is 4.92 Å². The number of carbonyl (C=O) groups is 1. The van der Waals surface area contributed by atoms with Gasteiger partial charge in [0.2, 0.25) is 5.91 Å². The fourth-order valence-electron chi connectivity index (χ4n) is 3.00. The Morgan fingerprint density at radius 3 is 2.60 bits per heavy atom. The third kappa shape index (κ3) is 3.26. The summed E-state index contributed by atoms with van der Waals surface area (Å²) in [4.78, 5) is 24.8. The number of hydrogen-bond acceptors (Lipinski definition) is 5. The molecule has 0 N–H and O–H groups in total. The van der Waals surface area contributed by atoms with Gasteiger partial charge < -0.3 is 14.4 Å². The molecule has 7 nitrogen and oxygen atoms in total. The molecule has 7 heteroatoms. The Hall–Kier alpha value is -3.09. The molecule has 0 spiro atoms. The molecule has 0 saturated heterocycles. The molecule has 130 valence electrons. The summed E-state index contributed by atoms with van der Waals surface area (Å²) in [5.41, 5.74) is 2.36. The first-order chi connectivity index (χ1) is 12.0. The first-order valence-corrected chi connectivity index (χ1v) is 7.82. The number of fused-ring (bicyclic) bond motifs is 1. The van der Waals surface area contributed by atoms with Crippen LogP contribution in [0.5, 0.6) is 11.5 Å². The number of anilines is 1. The van der Waals surface area contributed by atoms with Gasteiger partial charge in [-0.25, -0.2) is 0 Å². The number of methoxy groups -OCH3 is 2. The average molecular weight is 342 g/mol. The van der Waals surface area contributed by atoms with Crippen LogP contribution in [0, 0.1) is 10.1 Å². The van der Waals surface area contributed by atoms with Crippen LogP contribution in [0.4, 0.5) is 11.4 Å². The molecule has 1 aliphatic rings. The zero-order chi connectivity index (χ0) is 18.0. The molecular weight excluding hydrogens is 324 g/mol. The summed E-state index contributed by atoms with van der Waals surface area (Å²) in [5.74, 6) is 1.05. The summed E-state index contributed by atoms with van der Waals surface area (Å²) >= 11 is 0. The fourth-order valence-corrected chi connectivity index (χ4v) is 3.00. The Morgan fingerprint density at radius 1 is 1.16 bits per heavy atom. The van der Waals surface area contributed by atoms with Crippen LogP contribution in [0.2, 0.25) is 0 Å². The largest absolute Gasteiger partial charge is 0.493 e. The maximum atomic E-state index is 12.7. The first kappa shape index (κ1) is 16.8. The maximum Gasteiger partial charge on any atom is 0.271 e. The molecule has 3 rings (SSSR count). The molecule has 1 amide bonds. The third-order valence-electron chi connectivity index (χ3n) is 4.28. The van der Waals surface area contributed by atoms with Gasteiger partial charge in [-0.1, -0.05) is 12.1 Å². The van der Waals surface area contributed by atoms with Crippen molar-refractivity contribution in [3.63, 3.8) is 0 Å². The number of hydrogen-bond donors (Lipinski definition) is 0. The highest BCUT2D eigenvalue weighted by molar-refractivity contribution is 5.97. The van der Waals surface area contributed by atoms with Gasteiger partial charge in [0.05, 0.1) is 31.3 Å².